The molecule has 0 amide bonds. The fourth-order valence-corrected chi connectivity index (χ4v) is 2.36. The van der Waals surface area contributed by atoms with Gasteiger partial charge in [0.15, 0.2) is 5.58 Å². The Morgan fingerprint density at radius 3 is 2.72 bits per heavy atom. The molecule has 1 heterocycles. The molecule has 0 fully saturated rings. The summed E-state index contributed by atoms with van der Waals surface area (Å²) in [6.07, 6.45) is 1.81. The van der Waals surface area contributed by atoms with Gasteiger partial charge in [-0.2, -0.15) is 0 Å². The minimum absolute atomic E-state index is 0.632. The van der Waals surface area contributed by atoms with Crippen molar-refractivity contribution in [3.8, 4) is 11.5 Å². The molecule has 0 N–H and O–H groups in total. The van der Waals surface area contributed by atoms with Gasteiger partial charge >= 0.3 is 0 Å². The van der Waals surface area contributed by atoms with Crippen molar-refractivity contribution >= 4 is 33.1 Å². The SMILES string of the molecule is C=Cc1ccc(-c2nc3ccccc3o2)cc1Br. The van der Waals surface area contributed by atoms with Crippen LogP contribution in [0.2, 0.25) is 0 Å². The summed E-state index contributed by atoms with van der Waals surface area (Å²) in [7, 11) is 0. The maximum atomic E-state index is 5.72. The largest absolute Gasteiger partial charge is 0.436 e. The van der Waals surface area contributed by atoms with E-state index in [4.69, 9.17) is 4.42 Å². The molecule has 2 aromatic carbocycles. The Balaban J connectivity index is 2.14. The van der Waals surface area contributed by atoms with Crippen molar-refractivity contribution in [2.45, 2.75) is 0 Å². The first-order valence-corrected chi connectivity index (χ1v) is 6.35. The molecule has 3 heteroatoms. The van der Waals surface area contributed by atoms with E-state index in [0.717, 1.165) is 26.7 Å². The van der Waals surface area contributed by atoms with Crippen molar-refractivity contribution in [1.82, 2.24) is 4.98 Å². The van der Waals surface area contributed by atoms with Crippen molar-refractivity contribution in [2.75, 3.05) is 0 Å². The first-order valence-electron chi connectivity index (χ1n) is 5.56. The quantitative estimate of drug-likeness (QED) is 0.672. The van der Waals surface area contributed by atoms with Crippen LogP contribution >= 0.6 is 15.9 Å². The second kappa shape index (κ2) is 4.42. The lowest BCUT2D eigenvalue weighted by Crippen LogP contribution is -1.80. The second-order valence-electron chi connectivity index (χ2n) is 3.93. The molecule has 3 aromatic rings. The first-order chi connectivity index (χ1) is 8.78. The summed E-state index contributed by atoms with van der Waals surface area (Å²) in [5.74, 6) is 0.632. The summed E-state index contributed by atoms with van der Waals surface area (Å²) in [5, 5.41) is 0. The minimum Gasteiger partial charge on any atom is -0.436 e. The van der Waals surface area contributed by atoms with Gasteiger partial charge in [0.25, 0.3) is 0 Å². The summed E-state index contributed by atoms with van der Waals surface area (Å²) >= 11 is 3.51. The number of aromatic nitrogens is 1. The van der Waals surface area contributed by atoms with Crippen LogP contribution in [-0.4, -0.2) is 4.98 Å². The van der Waals surface area contributed by atoms with Crippen molar-refractivity contribution in [2.24, 2.45) is 0 Å². The maximum absolute atomic E-state index is 5.72. The van der Waals surface area contributed by atoms with Gasteiger partial charge in [0.1, 0.15) is 5.52 Å². The van der Waals surface area contributed by atoms with Gasteiger partial charge in [-0.1, -0.05) is 46.8 Å². The average Bonchev–Trinajstić information content (AvgIpc) is 2.82. The molecule has 0 atom stereocenters. The van der Waals surface area contributed by atoms with Crippen molar-refractivity contribution in [3.63, 3.8) is 0 Å². The molecule has 0 radical (unpaired) electrons. The third kappa shape index (κ3) is 1.87. The molecule has 0 spiro atoms. The number of rotatable bonds is 2. The van der Waals surface area contributed by atoms with Gasteiger partial charge in [0, 0.05) is 10.0 Å². The smallest absolute Gasteiger partial charge is 0.227 e. The Hall–Kier alpha value is -1.87. The van der Waals surface area contributed by atoms with E-state index >= 15 is 0 Å². The number of nitrogens with zero attached hydrogens (tertiary/aromatic N) is 1. The van der Waals surface area contributed by atoms with Gasteiger partial charge in [-0.3, -0.25) is 0 Å². The molecular formula is C15H10BrNO. The summed E-state index contributed by atoms with van der Waals surface area (Å²) in [4.78, 5) is 4.47. The highest BCUT2D eigenvalue weighted by Gasteiger charge is 2.08. The van der Waals surface area contributed by atoms with E-state index < -0.39 is 0 Å². The predicted octanol–water partition coefficient (Wildman–Crippen LogP) is 4.90. The monoisotopic (exact) mass is 299 g/mol. The van der Waals surface area contributed by atoms with Crippen molar-refractivity contribution in [3.05, 3.63) is 59.1 Å². The Labute approximate surface area is 113 Å². The molecule has 1 aromatic heterocycles. The fraction of sp³-hybridized carbons (Fsp3) is 0. The number of fused-ring (bicyclic) bond motifs is 1. The van der Waals surface area contributed by atoms with Gasteiger partial charge < -0.3 is 4.42 Å². The topological polar surface area (TPSA) is 26.0 Å². The van der Waals surface area contributed by atoms with E-state index in [9.17, 15) is 0 Å². The fourth-order valence-electron chi connectivity index (χ4n) is 1.82. The van der Waals surface area contributed by atoms with Crippen LogP contribution in [0.25, 0.3) is 28.6 Å². The Morgan fingerprint density at radius 2 is 2.00 bits per heavy atom. The van der Waals surface area contributed by atoms with Gasteiger partial charge in [-0.05, 0) is 29.8 Å². The number of benzene rings is 2. The van der Waals surface area contributed by atoms with Gasteiger partial charge in [0.05, 0.1) is 0 Å². The van der Waals surface area contributed by atoms with Crippen LogP contribution in [0.5, 0.6) is 0 Å². The standard InChI is InChI=1S/C15H10BrNO/c1-2-10-7-8-11(9-12(10)16)15-17-13-5-3-4-6-14(13)18-15/h2-9H,1H2. The zero-order valence-corrected chi connectivity index (χ0v) is 11.1. The Morgan fingerprint density at radius 1 is 1.17 bits per heavy atom. The molecule has 0 aliphatic rings. The highest BCUT2D eigenvalue weighted by Crippen LogP contribution is 2.28. The van der Waals surface area contributed by atoms with E-state index in [-0.39, 0.29) is 0 Å². The second-order valence-corrected chi connectivity index (χ2v) is 4.78. The number of halogens is 1. The minimum atomic E-state index is 0.632. The van der Waals surface area contributed by atoms with Crippen molar-refractivity contribution in [1.29, 1.82) is 0 Å². The molecule has 3 rings (SSSR count). The lowest BCUT2D eigenvalue weighted by molar-refractivity contribution is 0.620. The lowest BCUT2D eigenvalue weighted by Gasteiger charge is -2.00. The molecule has 0 bridgehead atoms. The summed E-state index contributed by atoms with van der Waals surface area (Å²) in [6.45, 7) is 3.76. The van der Waals surface area contributed by atoms with Crippen LogP contribution in [0.3, 0.4) is 0 Å². The summed E-state index contributed by atoms with van der Waals surface area (Å²) < 4.78 is 6.71. The zero-order chi connectivity index (χ0) is 12.5. The van der Waals surface area contributed by atoms with Gasteiger partial charge in [-0.15, -0.1) is 0 Å². The van der Waals surface area contributed by atoms with Crippen molar-refractivity contribution < 1.29 is 4.42 Å². The Kier molecular flexibility index (Phi) is 2.76. The summed E-state index contributed by atoms with van der Waals surface area (Å²) in [5.41, 5.74) is 3.67. The molecule has 0 aliphatic carbocycles. The number of hydrogen-bond acceptors (Lipinski definition) is 2. The van der Waals surface area contributed by atoms with E-state index in [1.54, 1.807) is 6.08 Å². The van der Waals surface area contributed by atoms with E-state index in [0.29, 0.717) is 5.89 Å². The third-order valence-electron chi connectivity index (χ3n) is 2.76. The normalized spacial score (nSPS) is 10.7. The maximum Gasteiger partial charge on any atom is 0.227 e. The highest BCUT2D eigenvalue weighted by atomic mass is 79.9. The highest BCUT2D eigenvalue weighted by molar-refractivity contribution is 9.10. The number of para-hydroxylation sites is 2. The van der Waals surface area contributed by atoms with Crippen LogP contribution < -0.4 is 0 Å². The van der Waals surface area contributed by atoms with E-state index in [1.807, 2.05) is 42.5 Å². The van der Waals surface area contributed by atoms with E-state index in [1.165, 1.54) is 0 Å². The van der Waals surface area contributed by atoms with Crippen LogP contribution in [0.1, 0.15) is 5.56 Å². The van der Waals surface area contributed by atoms with E-state index in [2.05, 4.69) is 27.5 Å². The molecule has 18 heavy (non-hydrogen) atoms. The molecule has 0 unspecified atom stereocenters. The van der Waals surface area contributed by atoms with Crippen LogP contribution in [0.4, 0.5) is 0 Å². The summed E-state index contributed by atoms with van der Waals surface area (Å²) in [6, 6.07) is 13.7. The average molecular weight is 300 g/mol. The first kappa shape index (κ1) is 11.2. The zero-order valence-electron chi connectivity index (χ0n) is 9.56. The lowest BCUT2D eigenvalue weighted by atomic mass is 10.1. The van der Waals surface area contributed by atoms with Crippen LogP contribution in [0.15, 0.2) is 57.9 Å². The molecule has 2 nitrogen and oxygen atoms in total. The molecular weight excluding hydrogens is 290 g/mol. The molecule has 88 valence electrons. The molecule has 0 saturated carbocycles. The van der Waals surface area contributed by atoms with Gasteiger partial charge in [-0.25, -0.2) is 4.98 Å². The number of hydrogen-bond donors (Lipinski definition) is 0. The van der Waals surface area contributed by atoms with Crippen LogP contribution in [0, 0.1) is 0 Å². The Bertz CT molecular complexity index is 697. The van der Waals surface area contributed by atoms with Crippen LogP contribution in [-0.2, 0) is 0 Å². The molecule has 0 saturated heterocycles. The molecule has 0 aliphatic heterocycles. The third-order valence-corrected chi connectivity index (χ3v) is 3.45. The number of oxazole rings is 1. The van der Waals surface area contributed by atoms with Gasteiger partial charge in [0.2, 0.25) is 5.89 Å². The predicted molar refractivity (Wildman–Crippen MR) is 77.2 cm³/mol.